The highest BCUT2D eigenvalue weighted by molar-refractivity contribution is 5.85. The van der Waals surface area contributed by atoms with Gasteiger partial charge in [-0.3, -0.25) is 9.78 Å². The maximum absolute atomic E-state index is 13.2. The van der Waals surface area contributed by atoms with Gasteiger partial charge in [0.2, 0.25) is 5.91 Å². The monoisotopic (exact) mass is 545 g/mol. The average molecular weight is 546 g/mol. The molecule has 1 aliphatic carbocycles. The summed E-state index contributed by atoms with van der Waals surface area (Å²) in [5.41, 5.74) is 3.89. The second kappa shape index (κ2) is 11.7. The largest absolute Gasteiger partial charge is 0.492 e. The van der Waals surface area contributed by atoms with E-state index in [1.807, 2.05) is 48.4 Å². The van der Waals surface area contributed by atoms with Crippen LogP contribution in [-0.2, 0) is 4.79 Å². The fraction of sp³-hybridized carbons (Fsp3) is 0.344. The first kappa shape index (κ1) is 26.3. The molecule has 4 aromatic rings. The van der Waals surface area contributed by atoms with E-state index in [1.165, 1.54) is 0 Å². The molecule has 2 fully saturated rings. The lowest BCUT2D eigenvalue weighted by Crippen LogP contribution is -2.49. The molecule has 0 N–H and O–H groups in total. The van der Waals surface area contributed by atoms with Gasteiger partial charge >= 0.3 is 0 Å². The van der Waals surface area contributed by atoms with Crippen molar-refractivity contribution in [2.75, 3.05) is 37.7 Å². The zero-order valence-corrected chi connectivity index (χ0v) is 23.0. The zero-order valence-electron chi connectivity index (χ0n) is 23.0. The van der Waals surface area contributed by atoms with Crippen LogP contribution in [0.3, 0.4) is 0 Å². The first-order chi connectivity index (χ1) is 20.1. The molecule has 206 valence electrons. The van der Waals surface area contributed by atoms with Crippen LogP contribution in [-0.4, -0.2) is 63.2 Å². The van der Waals surface area contributed by atoms with Gasteiger partial charge in [-0.25, -0.2) is 9.50 Å². The molecule has 0 aromatic carbocycles. The number of nitrogens with zero attached hydrogens (tertiary/aromatic N) is 7. The second-order valence-electron chi connectivity index (χ2n) is 10.4. The number of carbonyl (C=O) groups excluding carboxylic acids is 1. The van der Waals surface area contributed by atoms with Crippen LogP contribution in [0.25, 0.3) is 16.6 Å². The lowest BCUT2D eigenvalue weighted by molar-refractivity contribution is -0.132. The number of ether oxygens (including phenoxy) is 1. The van der Waals surface area contributed by atoms with E-state index in [-0.39, 0.29) is 11.8 Å². The third-order valence-corrected chi connectivity index (χ3v) is 7.70. The molecule has 0 radical (unpaired) electrons. The predicted molar refractivity (Wildman–Crippen MR) is 155 cm³/mol. The lowest BCUT2D eigenvalue weighted by Gasteiger charge is -2.36. The molecule has 2 aliphatic rings. The van der Waals surface area contributed by atoms with Crippen molar-refractivity contribution in [2.24, 2.45) is 11.8 Å². The molecule has 1 saturated carbocycles. The molecule has 6 rings (SSSR count). The van der Waals surface area contributed by atoms with E-state index in [0.717, 1.165) is 54.0 Å². The Morgan fingerprint density at radius 1 is 1.12 bits per heavy atom. The predicted octanol–water partition coefficient (Wildman–Crippen LogP) is 4.18. The highest BCUT2D eigenvalue weighted by Gasteiger charge is 2.33. The summed E-state index contributed by atoms with van der Waals surface area (Å²) in [6, 6.07) is 12.0. The number of anilines is 1. The van der Waals surface area contributed by atoms with E-state index >= 15 is 0 Å². The third-order valence-electron chi connectivity index (χ3n) is 7.70. The molecule has 9 heteroatoms. The molecular weight excluding hydrogens is 514 g/mol. The Kier molecular flexibility index (Phi) is 7.51. The summed E-state index contributed by atoms with van der Waals surface area (Å²) in [6.45, 7) is 5.23. The van der Waals surface area contributed by atoms with Gasteiger partial charge in [0, 0.05) is 73.8 Å². The number of pyridine rings is 3. The molecule has 5 heterocycles. The fourth-order valence-electron chi connectivity index (χ4n) is 5.32. The van der Waals surface area contributed by atoms with Crippen LogP contribution in [0.15, 0.2) is 61.3 Å². The van der Waals surface area contributed by atoms with Crippen molar-refractivity contribution in [2.45, 2.75) is 26.2 Å². The molecule has 1 unspecified atom stereocenters. The van der Waals surface area contributed by atoms with Crippen molar-refractivity contribution in [1.82, 2.24) is 24.5 Å². The first-order valence-corrected chi connectivity index (χ1v) is 14.1. The van der Waals surface area contributed by atoms with Gasteiger partial charge in [-0.1, -0.05) is 11.8 Å². The SMILES string of the molecule is CCOc1cc(-c2ccc(N3CCN(C(=O)CC(C#Cc4ccncc4)C4CC4)CC3)nc2)c2c(C#N)cnn2c1. The molecule has 1 saturated heterocycles. The highest BCUT2D eigenvalue weighted by Crippen LogP contribution is 2.38. The Labute approximate surface area is 239 Å². The van der Waals surface area contributed by atoms with Gasteiger partial charge in [-0.05, 0) is 56.0 Å². The van der Waals surface area contributed by atoms with E-state index in [9.17, 15) is 10.1 Å². The summed E-state index contributed by atoms with van der Waals surface area (Å²) in [7, 11) is 0. The van der Waals surface area contributed by atoms with Crippen LogP contribution < -0.4 is 9.64 Å². The number of nitriles is 1. The Balaban J connectivity index is 1.11. The van der Waals surface area contributed by atoms with Gasteiger partial charge < -0.3 is 14.5 Å². The number of rotatable bonds is 7. The highest BCUT2D eigenvalue weighted by atomic mass is 16.5. The molecule has 41 heavy (non-hydrogen) atoms. The standard InChI is InChI=1S/C32H31N7O2/c1-2-41-28-18-29(32-27(19-33)21-36-39(32)22-28)26-7-8-30(35-20-26)37-13-15-38(16-14-37)31(40)17-25(24-5-6-24)4-3-23-9-11-34-12-10-23/h7-12,18,20-22,24-25H,2,5-6,13-17H2,1H3. The Bertz CT molecular complexity index is 1640. The fourth-order valence-corrected chi connectivity index (χ4v) is 5.32. The molecule has 4 aromatic heterocycles. The van der Waals surface area contributed by atoms with Gasteiger partial charge in [-0.2, -0.15) is 10.4 Å². The Morgan fingerprint density at radius 3 is 2.61 bits per heavy atom. The maximum Gasteiger partial charge on any atom is 0.223 e. The van der Waals surface area contributed by atoms with Crippen LogP contribution in [0.4, 0.5) is 5.82 Å². The summed E-state index contributed by atoms with van der Waals surface area (Å²) < 4.78 is 7.41. The summed E-state index contributed by atoms with van der Waals surface area (Å²) in [4.78, 5) is 26.2. The van der Waals surface area contributed by atoms with Gasteiger partial charge in [0.05, 0.1) is 30.1 Å². The molecule has 0 bridgehead atoms. The van der Waals surface area contributed by atoms with Crippen molar-refractivity contribution in [3.05, 3.63) is 72.4 Å². The van der Waals surface area contributed by atoms with Crippen molar-refractivity contribution in [3.8, 4) is 34.8 Å². The summed E-state index contributed by atoms with van der Waals surface area (Å²) in [5, 5.41) is 13.9. The molecular formula is C32H31N7O2. The molecule has 0 spiro atoms. The molecule has 1 aliphatic heterocycles. The van der Waals surface area contributed by atoms with E-state index in [1.54, 1.807) is 29.3 Å². The van der Waals surface area contributed by atoms with Gasteiger partial charge in [-0.15, -0.1) is 0 Å². The number of carbonyl (C=O) groups is 1. The minimum absolute atomic E-state index is 0.105. The average Bonchev–Trinajstić information content (AvgIpc) is 3.78. The van der Waals surface area contributed by atoms with Crippen LogP contribution in [0, 0.1) is 35.0 Å². The van der Waals surface area contributed by atoms with Crippen molar-refractivity contribution < 1.29 is 9.53 Å². The zero-order chi connectivity index (χ0) is 28.2. The Morgan fingerprint density at radius 2 is 1.93 bits per heavy atom. The van der Waals surface area contributed by atoms with Crippen LogP contribution in [0.5, 0.6) is 5.75 Å². The third kappa shape index (κ3) is 5.85. The second-order valence-corrected chi connectivity index (χ2v) is 10.4. The lowest BCUT2D eigenvalue weighted by atomic mass is 9.98. The van der Waals surface area contributed by atoms with Crippen LogP contribution in [0.2, 0.25) is 0 Å². The minimum Gasteiger partial charge on any atom is -0.492 e. The summed E-state index contributed by atoms with van der Waals surface area (Å²) >= 11 is 0. The number of hydrogen-bond donors (Lipinski definition) is 0. The van der Waals surface area contributed by atoms with Crippen molar-refractivity contribution in [3.63, 3.8) is 0 Å². The van der Waals surface area contributed by atoms with Gasteiger partial charge in [0.1, 0.15) is 17.6 Å². The number of amides is 1. The van der Waals surface area contributed by atoms with E-state index in [0.29, 0.717) is 43.3 Å². The van der Waals surface area contributed by atoms with Crippen LogP contribution in [0.1, 0.15) is 37.3 Å². The van der Waals surface area contributed by atoms with Gasteiger partial charge in [0.25, 0.3) is 0 Å². The minimum atomic E-state index is 0.105. The normalized spacial score (nSPS) is 15.6. The quantitative estimate of drug-likeness (QED) is 0.321. The first-order valence-electron chi connectivity index (χ1n) is 14.1. The summed E-state index contributed by atoms with van der Waals surface area (Å²) in [5.74, 6) is 8.97. The maximum atomic E-state index is 13.2. The van der Waals surface area contributed by atoms with E-state index < -0.39 is 0 Å². The van der Waals surface area contributed by atoms with Gasteiger partial charge in [0.15, 0.2) is 0 Å². The van der Waals surface area contributed by atoms with Crippen molar-refractivity contribution >= 4 is 17.2 Å². The topological polar surface area (TPSA) is 99.6 Å². The molecule has 9 nitrogen and oxygen atoms in total. The number of piperazine rings is 1. The number of aromatic nitrogens is 4. The number of hydrogen-bond acceptors (Lipinski definition) is 7. The smallest absolute Gasteiger partial charge is 0.223 e. The summed E-state index contributed by atoms with van der Waals surface area (Å²) in [6.07, 6.45) is 11.4. The van der Waals surface area contributed by atoms with Crippen LogP contribution >= 0.6 is 0 Å². The van der Waals surface area contributed by atoms with E-state index in [2.05, 4.69) is 32.9 Å². The molecule has 1 atom stereocenters. The van der Waals surface area contributed by atoms with Crippen molar-refractivity contribution in [1.29, 1.82) is 5.26 Å². The number of fused-ring (bicyclic) bond motifs is 1. The Hall–Kier alpha value is -4.89. The van der Waals surface area contributed by atoms with E-state index in [4.69, 9.17) is 9.72 Å². The molecule has 1 amide bonds.